The number of halogens is 3. The molecule has 1 aromatic heterocycles. The molecule has 1 N–H and O–H groups in total. The monoisotopic (exact) mass is 311 g/mol. The van der Waals surface area contributed by atoms with E-state index in [9.17, 15) is 23.1 Å². The number of carboxylic acids is 1. The highest BCUT2D eigenvalue weighted by Crippen LogP contribution is 2.36. The fourth-order valence-corrected chi connectivity index (χ4v) is 2.63. The number of carbonyl (C=O) groups is 1. The SMILES string of the molecule is Cc1nn2c(c1C(=O)O)N(c1ccc(C(F)(F)F)cc1)CC2. The standard InChI is InChI=1S/C14H12F3N3O2/c1-8-11(13(21)22)12-19(6-7-20(12)18-8)10-4-2-9(3-5-10)14(15,16)17/h2-5H,6-7H2,1H3,(H,21,22). The van der Waals surface area contributed by atoms with E-state index >= 15 is 0 Å². The van der Waals surface area contributed by atoms with E-state index in [1.807, 2.05) is 0 Å². The molecule has 1 aromatic carbocycles. The van der Waals surface area contributed by atoms with Gasteiger partial charge in [-0.3, -0.25) is 0 Å². The number of carboxylic acid groups (broad SMARTS) is 1. The third-order valence-corrected chi connectivity index (χ3v) is 3.61. The number of hydrogen-bond donors (Lipinski definition) is 1. The van der Waals surface area contributed by atoms with Gasteiger partial charge < -0.3 is 10.0 Å². The summed E-state index contributed by atoms with van der Waals surface area (Å²) in [5.41, 5.74) is 0.240. The second-order valence-electron chi connectivity index (χ2n) is 5.01. The van der Waals surface area contributed by atoms with Gasteiger partial charge in [-0.25, -0.2) is 9.48 Å². The molecule has 22 heavy (non-hydrogen) atoms. The van der Waals surface area contributed by atoms with Gasteiger partial charge in [0.25, 0.3) is 0 Å². The Morgan fingerprint density at radius 2 is 1.86 bits per heavy atom. The van der Waals surface area contributed by atoms with E-state index in [1.165, 1.54) is 12.1 Å². The molecule has 2 aromatic rings. The van der Waals surface area contributed by atoms with Crippen LogP contribution in [0.2, 0.25) is 0 Å². The first-order valence-corrected chi connectivity index (χ1v) is 6.54. The smallest absolute Gasteiger partial charge is 0.416 e. The molecular formula is C14H12F3N3O2. The van der Waals surface area contributed by atoms with E-state index in [-0.39, 0.29) is 5.56 Å². The van der Waals surface area contributed by atoms with Gasteiger partial charge in [0.2, 0.25) is 0 Å². The van der Waals surface area contributed by atoms with Crippen molar-refractivity contribution < 1.29 is 23.1 Å². The highest BCUT2D eigenvalue weighted by molar-refractivity contribution is 5.96. The van der Waals surface area contributed by atoms with E-state index in [0.717, 1.165) is 12.1 Å². The van der Waals surface area contributed by atoms with Crippen LogP contribution in [0.15, 0.2) is 24.3 Å². The number of alkyl halides is 3. The van der Waals surface area contributed by atoms with Crippen molar-refractivity contribution in [2.45, 2.75) is 19.6 Å². The van der Waals surface area contributed by atoms with Crippen LogP contribution >= 0.6 is 0 Å². The zero-order valence-electron chi connectivity index (χ0n) is 11.6. The number of aromatic nitrogens is 2. The quantitative estimate of drug-likeness (QED) is 0.926. The van der Waals surface area contributed by atoms with Gasteiger partial charge >= 0.3 is 12.1 Å². The molecule has 1 aliphatic rings. The molecule has 0 unspecified atom stereocenters. The Labute approximate surface area is 123 Å². The van der Waals surface area contributed by atoms with Crippen LogP contribution in [0.1, 0.15) is 21.6 Å². The molecule has 8 heteroatoms. The summed E-state index contributed by atoms with van der Waals surface area (Å²) in [5, 5.41) is 13.5. The summed E-state index contributed by atoms with van der Waals surface area (Å²) in [7, 11) is 0. The number of hydrogen-bond acceptors (Lipinski definition) is 3. The largest absolute Gasteiger partial charge is 0.477 e. The Morgan fingerprint density at radius 1 is 1.23 bits per heavy atom. The third-order valence-electron chi connectivity index (χ3n) is 3.61. The van der Waals surface area contributed by atoms with Gasteiger partial charge in [-0.2, -0.15) is 18.3 Å². The first kappa shape index (κ1) is 14.4. The van der Waals surface area contributed by atoms with Crippen LogP contribution in [-0.2, 0) is 12.7 Å². The fraction of sp³-hybridized carbons (Fsp3) is 0.286. The molecule has 0 bridgehead atoms. The van der Waals surface area contributed by atoms with E-state index in [2.05, 4.69) is 5.10 Å². The first-order chi connectivity index (χ1) is 10.3. The molecule has 116 valence electrons. The molecule has 0 spiro atoms. The predicted molar refractivity (Wildman–Crippen MR) is 72.4 cm³/mol. The normalized spacial score (nSPS) is 14.3. The van der Waals surface area contributed by atoms with Crippen LogP contribution in [0.4, 0.5) is 24.7 Å². The van der Waals surface area contributed by atoms with Crippen LogP contribution in [0.25, 0.3) is 0 Å². The molecule has 0 radical (unpaired) electrons. The summed E-state index contributed by atoms with van der Waals surface area (Å²) < 4.78 is 39.4. The Morgan fingerprint density at radius 3 is 2.41 bits per heavy atom. The van der Waals surface area contributed by atoms with Crippen LogP contribution in [0.5, 0.6) is 0 Å². The molecule has 0 aliphatic carbocycles. The maximum absolute atomic E-state index is 12.6. The number of aromatic carboxylic acids is 1. The van der Waals surface area contributed by atoms with E-state index < -0.39 is 17.7 Å². The van der Waals surface area contributed by atoms with Crippen LogP contribution < -0.4 is 4.90 Å². The number of benzene rings is 1. The Bertz CT molecular complexity index is 735. The number of rotatable bonds is 2. The van der Waals surface area contributed by atoms with Crippen molar-refractivity contribution in [2.24, 2.45) is 0 Å². The summed E-state index contributed by atoms with van der Waals surface area (Å²) in [5.74, 6) is -0.692. The van der Waals surface area contributed by atoms with Crippen molar-refractivity contribution in [3.05, 3.63) is 41.1 Å². The maximum atomic E-state index is 12.6. The summed E-state index contributed by atoms with van der Waals surface area (Å²) in [4.78, 5) is 13.0. The van der Waals surface area contributed by atoms with Gasteiger partial charge in [-0.15, -0.1) is 0 Å². The second-order valence-corrected chi connectivity index (χ2v) is 5.01. The zero-order chi connectivity index (χ0) is 16.1. The minimum atomic E-state index is -4.39. The van der Waals surface area contributed by atoms with Crippen LogP contribution in [0, 0.1) is 6.92 Å². The maximum Gasteiger partial charge on any atom is 0.416 e. The van der Waals surface area contributed by atoms with Crippen molar-refractivity contribution in [1.29, 1.82) is 0 Å². The van der Waals surface area contributed by atoms with Crippen molar-refractivity contribution in [3.8, 4) is 0 Å². The van der Waals surface area contributed by atoms with Crippen molar-refractivity contribution in [1.82, 2.24) is 9.78 Å². The Kier molecular flexibility index (Phi) is 3.12. The lowest BCUT2D eigenvalue weighted by molar-refractivity contribution is -0.137. The van der Waals surface area contributed by atoms with Crippen molar-refractivity contribution in [3.63, 3.8) is 0 Å². The van der Waals surface area contributed by atoms with Crippen molar-refractivity contribution in [2.75, 3.05) is 11.4 Å². The minimum Gasteiger partial charge on any atom is -0.477 e. The van der Waals surface area contributed by atoms with Gasteiger partial charge in [0, 0.05) is 12.2 Å². The summed E-state index contributed by atoms with van der Waals surface area (Å²) in [6.45, 7) is 2.55. The van der Waals surface area contributed by atoms with E-state index in [0.29, 0.717) is 30.3 Å². The lowest BCUT2D eigenvalue weighted by atomic mass is 10.1. The minimum absolute atomic E-state index is 0.0809. The fourth-order valence-electron chi connectivity index (χ4n) is 2.63. The molecule has 2 heterocycles. The molecule has 0 saturated carbocycles. The number of nitrogens with zero attached hydrogens (tertiary/aromatic N) is 3. The zero-order valence-corrected chi connectivity index (χ0v) is 11.6. The van der Waals surface area contributed by atoms with Gasteiger partial charge in [-0.05, 0) is 31.2 Å². The van der Waals surface area contributed by atoms with E-state index in [4.69, 9.17) is 0 Å². The molecule has 0 amide bonds. The summed E-state index contributed by atoms with van der Waals surface area (Å²) in [6, 6.07) is 4.65. The molecule has 0 saturated heterocycles. The van der Waals surface area contributed by atoms with Crippen molar-refractivity contribution >= 4 is 17.5 Å². The summed E-state index contributed by atoms with van der Waals surface area (Å²) >= 11 is 0. The van der Waals surface area contributed by atoms with Crippen LogP contribution in [-0.4, -0.2) is 27.4 Å². The highest BCUT2D eigenvalue weighted by Gasteiger charge is 2.33. The van der Waals surface area contributed by atoms with Gasteiger partial charge in [-0.1, -0.05) is 0 Å². The molecule has 0 fully saturated rings. The average molecular weight is 311 g/mol. The first-order valence-electron chi connectivity index (χ1n) is 6.54. The predicted octanol–water partition coefficient (Wildman–Crippen LogP) is 3.06. The number of fused-ring (bicyclic) bond motifs is 1. The topological polar surface area (TPSA) is 58.4 Å². The molecule has 3 rings (SSSR count). The second kappa shape index (κ2) is 4.75. The molecular weight excluding hydrogens is 299 g/mol. The lowest BCUT2D eigenvalue weighted by Gasteiger charge is -2.19. The number of anilines is 2. The molecule has 0 atom stereocenters. The molecule has 5 nitrogen and oxygen atoms in total. The lowest BCUT2D eigenvalue weighted by Crippen LogP contribution is -2.16. The third kappa shape index (κ3) is 2.20. The van der Waals surface area contributed by atoms with Gasteiger partial charge in [0.15, 0.2) is 0 Å². The highest BCUT2D eigenvalue weighted by atomic mass is 19.4. The summed E-state index contributed by atoms with van der Waals surface area (Å²) in [6.07, 6.45) is -4.39. The number of aryl methyl sites for hydroxylation is 1. The molecule has 1 aliphatic heterocycles. The van der Waals surface area contributed by atoms with E-state index in [1.54, 1.807) is 16.5 Å². The van der Waals surface area contributed by atoms with Gasteiger partial charge in [0.1, 0.15) is 11.4 Å². The average Bonchev–Trinajstić information content (AvgIpc) is 2.95. The van der Waals surface area contributed by atoms with Gasteiger partial charge in [0.05, 0.1) is 17.8 Å². The Hall–Kier alpha value is -2.51. The van der Waals surface area contributed by atoms with Crippen LogP contribution in [0.3, 0.4) is 0 Å². The Balaban J connectivity index is 2.01.